The van der Waals surface area contributed by atoms with Crippen LogP contribution in [0.25, 0.3) is 0 Å². The summed E-state index contributed by atoms with van der Waals surface area (Å²) in [6, 6.07) is 6.20. The van der Waals surface area contributed by atoms with E-state index in [1.807, 2.05) is 0 Å². The molecular weight excluding hydrogens is 271 g/mol. The van der Waals surface area contributed by atoms with Gasteiger partial charge in [-0.3, -0.25) is 9.89 Å². The molecule has 0 fully saturated rings. The van der Waals surface area contributed by atoms with Crippen molar-refractivity contribution in [2.45, 2.75) is 19.5 Å². The van der Waals surface area contributed by atoms with E-state index in [-0.39, 0.29) is 12.1 Å². The van der Waals surface area contributed by atoms with Crippen molar-refractivity contribution in [1.29, 1.82) is 0 Å². The Bertz CT molecular complexity index is 619. The first kappa shape index (κ1) is 14.1. The van der Waals surface area contributed by atoms with Gasteiger partial charge in [0.1, 0.15) is 0 Å². The molecule has 0 atom stereocenters. The summed E-state index contributed by atoms with van der Waals surface area (Å²) < 4.78 is 37.6. The molecule has 0 saturated heterocycles. The van der Waals surface area contributed by atoms with Gasteiger partial charge in [-0.15, -0.1) is 0 Å². The molecule has 0 saturated carbocycles. The molecule has 0 spiro atoms. The SMILES string of the molecule is Cc1cc(CC(=O)Nc2cccc(C(F)(F)F)c2)n[nH]1. The van der Waals surface area contributed by atoms with Crippen LogP contribution in [0.4, 0.5) is 18.9 Å². The number of hydrogen-bond donors (Lipinski definition) is 2. The molecule has 0 radical (unpaired) electrons. The van der Waals surface area contributed by atoms with Crippen molar-refractivity contribution in [2.75, 3.05) is 5.32 Å². The Morgan fingerprint density at radius 1 is 1.35 bits per heavy atom. The first-order chi connectivity index (χ1) is 9.34. The molecule has 1 aromatic heterocycles. The molecule has 0 aliphatic heterocycles. The van der Waals surface area contributed by atoms with Gasteiger partial charge in [-0.25, -0.2) is 0 Å². The predicted molar refractivity (Wildman–Crippen MR) is 67.1 cm³/mol. The molecule has 2 aromatic rings. The number of anilines is 1. The fraction of sp³-hybridized carbons (Fsp3) is 0.231. The van der Waals surface area contributed by atoms with Crippen LogP contribution in [0.2, 0.25) is 0 Å². The zero-order valence-electron chi connectivity index (χ0n) is 10.6. The summed E-state index contributed by atoms with van der Waals surface area (Å²) in [6.45, 7) is 1.79. The Labute approximate surface area is 113 Å². The molecule has 1 aromatic carbocycles. The maximum Gasteiger partial charge on any atom is 0.416 e. The van der Waals surface area contributed by atoms with Crippen LogP contribution in [0, 0.1) is 6.92 Å². The number of carbonyl (C=O) groups excluding carboxylic acids is 1. The summed E-state index contributed by atoms with van der Waals surface area (Å²) in [5.41, 5.74) is 0.654. The topological polar surface area (TPSA) is 57.8 Å². The third-order valence-electron chi connectivity index (χ3n) is 2.57. The molecule has 7 heteroatoms. The molecule has 20 heavy (non-hydrogen) atoms. The van der Waals surface area contributed by atoms with E-state index in [0.717, 1.165) is 17.8 Å². The normalized spacial score (nSPS) is 11.4. The van der Waals surface area contributed by atoms with Crippen LogP contribution in [-0.4, -0.2) is 16.1 Å². The highest BCUT2D eigenvalue weighted by atomic mass is 19.4. The molecule has 0 unspecified atom stereocenters. The number of rotatable bonds is 3. The van der Waals surface area contributed by atoms with Crippen molar-refractivity contribution in [3.05, 3.63) is 47.3 Å². The molecule has 2 N–H and O–H groups in total. The molecule has 0 aliphatic carbocycles. The molecule has 2 rings (SSSR count). The Hall–Kier alpha value is -2.31. The van der Waals surface area contributed by atoms with Crippen LogP contribution in [0.15, 0.2) is 30.3 Å². The second-order valence-corrected chi connectivity index (χ2v) is 4.35. The number of carbonyl (C=O) groups is 1. The molecule has 106 valence electrons. The van der Waals surface area contributed by atoms with Gasteiger partial charge in [-0.2, -0.15) is 18.3 Å². The van der Waals surface area contributed by atoms with E-state index in [2.05, 4.69) is 15.5 Å². The monoisotopic (exact) mass is 283 g/mol. The summed E-state index contributed by atoms with van der Waals surface area (Å²) in [5.74, 6) is -0.421. The number of aryl methyl sites for hydroxylation is 1. The van der Waals surface area contributed by atoms with Gasteiger partial charge >= 0.3 is 6.18 Å². The van der Waals surface area contributed by atoms with Crippen molar-refractivity contribution in [2.24, 2.45) is 0 Å². The Kier molecular flexibility index (Phi) is 3.78. The van der Waals surface area contributed by atoms with Gasteiger partial charge in [-0.1, -0.05) is 6.07 Å². The molecule has 4 nitrogen and oxygen atoms in total. The number of hydrogen-bond acceptors (Lipinski definition) is 2. The summed E-state index contributed by atoms with van der Waals surface area (Å²) in [6.07, 6.45) is -4.43. The zero-order chi connectivity index (χ0) is 14.8. The number of H-pyrrole nitrogens is 1. The average Bonchev–Trinajstić information content (AvgIpc) is 2.73. The number of alkyl halides is 3. The number of nitrogens with one attached hydrogen (secondary N) is 2. The van der Waals surface area contributed by atoms with Gasteiger partial charge in [0.2, 0.25) is 5.91 Å². The molecule has 0 bridgehead atoms. The Morgan fingerprint density at radius 2 is 2.10 bits per heavy atom. The number of aromatic amines is 1. The van der Waals surface area contributed by atoms with Crippen molar-refractivity contribution in [3.8, 4) is 0 Å². The minimum Gasteiger partial charge on any atom is -0.326 e. The first-order valence-corrected chi connectivity index (χ1v) is 5.82. The van der Waals surface area contributed by atoms with Crippen LogP contribution in [0.5, 0.6) is 0 Å². The largest absolute Gasteiger partial charge is 0.416 e. The average molecular weight is 283 g/mol. The van der Waals surface area contributed by atoms with E-state index in [1.165, 1.54) is 12.1 Å². The third-order valence-corrected chi connectivity index (χ3v) is 2.57. The lowest BCUT2D eigenvalue weighted by Gasteiger charge is -2.09. The first-order valence-electron chi connectivity index (χ1n) is 5.82. The third kappa shape index (κ3) is 3.59. The quantitative estimate of drug-likeness (QED) is 0.910. The number of halogens is 3. The highest BCUT2D eigenvalue weighted by molar-refractivity contribution is 5.92. The lowest BCUT2D eigenvalue weighted by atomic mass is 10.2. The molecule has 1 amide bonds. The van der Waals surface area contributed by atoms with Gasteiger partial charge in [-0.05, 0) is 31.2 Å². The van der Waals surface area contributed by atoms with Crippen molar-refractivity contribution in [3.63, 3.8) is 0 Å². The maximum absolute atomic E-state index is 12.5. The summed E-state index contributed by atoms with van der Waals surface area (Å²) in [4.78, 5) is 11.7. The maximum atomic E-state index is 12.5. The van der Waals surface area contributed by atoms with Gasteiger partial charge in [0, 0.05) is 11.4 Å². The van der Waals surface area contributed by atoms with Gasteiger partial charge < -0.3 is 5.32 Å². The van der Waals surface area contributed by atoms with Crippen molar-refractivity contribution < 1.29 is 18.0 Å². The van der Waals surface area contributed by atoms with E-state index in [9.17, 15) is 18.0 Å². The smallest absolute Gasteiger partial charge is 0.326 e. The number of amides is 1. The second-order valence-electron chi connectivity index (χ2n) is 4.35. The van der Waals surface area contributed by atoms with Crippen LogP contribution in [0.1, 0.15) is 17.0 Å². The Morgan fingerprint density at radius 3 is 2.70 bits per heavy atom. The molecule has 1 heterocycles. The fourth-order valence-electron chi connectivity index (χ4n) is 1.71. The lowest BCUT2D eigenvalue weighted by molar-refractivity contribution is -0.137. The van der Waals surface area contributed by atoms with Crippen LogP contribution in [0.3, 0.4) is 0 Å². The minimum atomic E-state index is -4.43. The number of benzene rings is 1. The summed E-state index contributed by atoms with van der Waals surface area (Å²) in [5, 5.41) is 9.00. The predicted octanol–water partition coefficient (Wildman–Crippen LogP) is 2.92. The fourth-order valence-corrected chi connectivity index (χ4v) is 1.71. The highest BCUT2D eigenvalue weighted by Crippen LogP contribution is 2.30. The van der Waals surface area contributed by atoms with Crippen molar-refractivity contribution in [1.82, 2.24) is 10.2 Å². The molecule has 0 aliphatic rings. The standard InChI is InChI=1S/C13H12F3N3O/c1-8-5-11(19-18-8)7-12(20)17-10-4-2-3-9(6-10)13(14,15)16/h2-6H,7H2,1H3,(H,17,20)(H,18,19). The summed E-state index contributed by atoms with van der Waals surface area (Å²) >= 11 is 0. The van der Waals surface area contributed by atoms with E-state index < -0.39 is 17.6 Å². The van der Waals surface area contributed by atoms with Crippen molar-refractivity contribution >= 4 is 11.6 Å². The Balaban J connectivity index is 2.04. The lowest BCUT2D eigenvalue weighted by Crippen LogP contribution is -2.15. The number of nitrogens with zero attached hydrogens (tertiary/aromatic N) is 1. The zero-order valence-corrected chi connectivity index (χ0v) is 10.6. The van der Waals surface area contributed by atoms with Gasteiger partial charge in [0.05, 0.1) is 17.7 Å². The molecular formula is C13H12F3N3O. The van der Waals surface area contributed by atoms with Crippen LogP contribution >= 0.6 is 0 Å². The van der Waals surface area contributed by atoms with Gasteiger partial charge in [0.25, 0.3) is 0 Å². The van der Waals surface area contributed by atoms with Crippen LogP contribution in [-0.2, 0) is 17.4 Å². The van der Waals surface area contributed by atoms with E-state index in [1.54, 1.807) is 13.0 Å². The van der Waals surface area contributed by atoms with E-state index in [0.29, 0.717) is 5.69 Å². The van der Waals surface area contributed by atoms with Crippen LogP contribution < -0.4 is 5.32 Å². The highest BCUT2D eigenvalue weighted by Gasteiger charge is 2.30. The summed E-state index contributed by atoms with van der Waals surface area (Å²) in [7, 11) is 0. The number of aromatic nitrogens is 2. The van der Waals surface area contributed by atoms with E-state index in [4.69, 9.17) is 0 Å². The van der Waals surface area contributed by atoms with E-state index >= 15 is 0 Å². The second kappa shape index (κ2) is 5.36. The van der Waals surface area contributed by atoms with Gasteiger partial charge in [0.15, 0.2) is 0 Å². The minimum absolute atomic E-state index is 0.000581.